The second-order valence-electron chi connectivity index (χ2n) is 25.6. The molecule has 9 heteroatoms. The maximum absolute atomic E-state index is 13.0. The predicted molar refractivity (Wildman–Crippen MR) is 346 cm³/mol. The minimum absolute atomic E-state index is 0.0591. The number of quaternary nitrogens is 1. The van der Waals surface area contributed by atoms with E-state index in [2.05, 4.69) is 31.3 Å². The Morgan fingerprint density at radius 3 is 1.01 bits per heavy atom. The molecule has 3 atom stereocenters. The van der Waals surface area contributed by atoms with Crippen molar-refractivity contribution in [3.63, 3.8) is 0 Å². The van der Waals surface area contributed by atoms with Crippen LogP contribution in [-0.2, 0) is 18.4 Å². The molecule has 3 N–H and O–H groups in total. The van der Waals surface area contributed by atoms with Gasteiger partial charge in [0.1, 0.15) is 13.2 Å². The highest BCUT2D eigenvalue weighted by atomic mass is 31.2. The normalized spacial score (nSPS) is 13.8. The molecular formula is C70H140N2O6P+. The van der Waals surface area contributed by atoms with Gasteiger partial charge in [-0.1, -0.05) is 353 Å². The minimum atomic E-state index is -4.36. The zero-order chi connectivity index (χ0) is 57.7. The number of hydrogen-bond donors (Lipinski definition) is 3. The van der Waals surface area contributed by atoms with Gasteiger partial charge in [-0.05, 0) is 32.1 Å². The molecule has 0 spiro atoms. The van der Waals surface area contributed by atoms with Crippen molar-refractivity contribution in [2.75, 3.05) is 40.9 Å². The number of aliphatic hydroxyl groups is 1. The summed E-state index contributed by atoms with van der Waals surface area (Å²) < 4.78 is 23.8. The van der Waals surface area contributed by atoms with Gasteiger partial charge in [0.15, 0.2) is 0 Å². The van der Waals surface area contributed by atoms with Gasteiger partial charge in [-0.25, -0.2) is 4.57 Å². The first kappa shape index (κ1) is 78.0. The number of carbonyl (C=O) groups is 1. The first-order valence-corrected chi connectivity index (χ1v) is 36.7. The Balaban J connectivity index is 4.01. The summed E-state index contributed by atoms with van der Waals surface area (Å²) in [6.07, 6.45) is 80.6. The number of amides is 1. The highest BCUT2D eigenvalue weighted by Crippen LogP contribution is 2.43. The Bertz CT molecular complexity index is 1340. The highest BCUT2D eigenvalue weighted by Gasteiger charge is 2.28. The fourth-order valence-electron chi connectivity index (χ4n) is 10.9. The number of nitrogens with zero attached hydrogens (tertiary/aromatic N) is 1. The van der Waals surface area contributed by atoms with Gasteiger partial charge in [-0.2, -0.15) is 0 Å². The molecule has 79 heavy (non-hydrogen) atoms. The maximum atomic E-state index is 13.0. The molecule has 0 aliphatic heterocycles. The number of likely N-dealkylation sites (N-methyl/N-ethyl adjacent to an activating group) is 1. The topological polar surface area (TPSA) is 105 Å². The van der Waals surface area contributed by atoms with E-state index in [-0.39, 0.29) is 19.1 Å². The smallest absolute Gasteiger partial charge is 0.387 e. The van der Waals surface area contributed by atoms with Crippen LogP contribution in [0.15, 0.2) is 24.3 Å². The van der Waals surface area contributed by atoms with Gasteiger partial charge in [0, 0.05) is 6.42 Å². The number of hydrogen-bond acceptors (Lipinski definition) is 5. The largest absolute Gasteiger partial charge is 0.472 e. The lowest BCUT2D eigenvalue weighted by molar-refractivity contribution is -0.870. The fraction of sp³-hybridized carbons (Fsp3) is 0.929. The maximum Gasteiger partial charge on any atom is 0.472 e. The molecule has 0 aromatic carbocycles. The molecule has 0 aromatic rings. The summed E-state index contributed by atoms with van der Waals surface area (Å²) in [5.41, 5.74) is 0. The third-order valence-corrected chi connectivity index (χ3v) is 17.4. The molecule has 0 rings (SSSR count). The summed E-state index contributed by atoms with van der Waals surface area (Å²) in [7, 11) is 1.57. The molecule has 470 valence electrons. The molecule has 0 bridgehead atoms. The van der Waals surface area contributed by atoms with Crippen molar-refractivity contribution in [1.82, 2.24) is 5.32 Å². The second-order valence-corrected chi connectivity index (χ2v) is 27.1. The zero-order valence-corrected chi connectivity index (χ0v) is 54.8. The van der Waals surface area contributed by atoms with Gasteiger partial charge in [-0.15, -0.1) is 0 Å². The van der Waals surface area contributed by atoms with Crippen LogP contribution in [0.5, 0.6) is 0 Å². The van der Waals surface area contributed by atoms with E-state index >= 15 is 0 Å². The van der Waals surface area contributed by atoms with Crippen molar-refractivity contribution >= 4 is 13.7 Å². The molecule has 0 fully saturated rings. The Kier molecular flexibility index (Phi) is 60.7. The molecule has 0 aromatic heterocycles. The Morgan fingerprint density at radius 2 is 0.696 bits per heavy atom. The summed E-state index contributed by atoms with van der Waals surface area (Å²) in [6, 6.07) is -0.861. The second kappa shape index (κ2) is 61.5. The van der Waals surface area contributed by atoms with Gasteiger partial charge < -0.3 is 19.8 Å². The average Bonchev–Trinajstić information content (AvgIpc) is 3.42. The average molecular weight is 1140 g/mol. The van der Waals surface area contributed by atoms with Crippen LogP contribution in [-0.4, -0.2) is 73.4 Å². The van der Waals surface area contributed by atoms with Gasteiger partial charge >= 0.3 is 7.82 Å². The van der Waals surface area contributed by atoms with Gasteiger partial charge in [0.2, 0.25) is 5.91 Å². The number of phosphoric ester groups is 1. The van der Waals surface area contributed by atoms with E-state index < -0.39 is 20.0 Å². The van der Waals surface area contributed by atoms with E-state index in [0.717, 1.165) is 38.5 Å². The summed E-state index contributed by atoms with van der Waals surface area (Å²) in [5, 5.41) is 14.0. The Labute approximate surface area is 494 Å². The van der Waals surface area contributed by atoms with E-state index in [1.807, 2.05) is 27.2 Å². The molecule has 1 amide bonds. The van der Waals surface area contributed by atoms with Gasteiger partial charge in [0.25, 0.3) is 0 Å². The molecular weight excluding hydrogens is 996 g/mol. The Morgan fingerprint density at radius 1 is 0.418 bits per heavy atom. The van der Waals surface area contributed by atoms with Crippen LogP contribution in [0.4, 0.5) is 0 Å². The molecule has 0 radical (unpaired) electrons. The van der Waals surface area contributed by atoms with Gasteiger partial charge in [-0.3, -0.25) is 13.8 Å². The molecule has 0 heterocycles. The molecule has 0 aliphatic rings. The monoisotopic (exact) mass is 1140 g/mol. The number of carbonyl (C=O) groups excluding carboxylic acids is 1. The number of unbranched alkanes of at least 4 members (excludes halogenated alkanes) is 51. The van der Waals surface area contributed by atoms with Crippen molar-refractivity contribution in [3.8, 4) is 0 Å². The van der Waals surface area contributed by atoms with E-state index in [4.69, 9.17) is 9.05 Å². The summed E-state index contributed by atoms with van der Waals surface area (Å²) >= 11 is 0. The quantitative estimate of drug-likeness (QED) is 0.0243. The number of aliphatic hydroxyl groups excluding tert-OH is 1. The number of phosphoric acid groups is 1. The summed E-state index contributed by atoms with van der Waals surface area (Å²) in [5.74, 6) is -0.178. The van der Waals surface area contributed by atoms with Crippen LogP contribution in [0.25, 0.3) is 0 Å². The van der Waals surface area contributed by atoms with Crippen molar-refractivity contribution in [3.05, 3.63) is 24.3 Å². The number of nitrogens with one attached hydrogen (secondary N) is 1. The van der Waals surface area contributed by atoms with E-state index in [1.54, 1.807) is 6.08 Å². The van der Waals surface area contributed by atoms with Crippen molar-refractivity contribution < 1.29 is 32.9 Å². The van der Waals surface area contributed by atoms with E-state index in [9.17, 15) is 19.4 Å². The first-order chi connectivity index (χ1) is 38.5. The van der Waals surface area contributed by atoms with E-state index in [0.29, 0.717) is 17.4 Å². The summed E-state index contributed by atoms with van der Waals surface area (Å²) in [6.45, 7) is 4.86. The third kappa shape index (κ3) is 64.4. The lowest BCUT2D eigenvalue weighted by Crippen LogP contribution is -2.45. The predicted octanol–water partition coefficient (Wildman–Crippen LogP) is 22.3. The van der Waals surface area contributed by atoms with Crippen LogP contribution in [0, 0.1) is 0 Å². The van der Waals surface area contributed by atoms with Crippen LogP contribution in [0.1, 0.15) is 367 Å². The summed E-state index contributed by atoms with van der Waals surface area (Å²) in [4.78, 5) is 23.4. The van der Waals surface area contributed by atoms with Gasteiger partial charge in [0.05, 0.1) is 39.9 Å². The van der Waals surface area contributed by atoms with E-state index in [1.165, 1.54) is 308 Å². The van der Waals surface area contributed by atoms with Crippen LogP contribution in [0.2, 0.25) is 0 Å². The fourth-order valence-corrected chi connectivity index (χ4v) is 11.7. The SMILES string of the molecule is CCCCCCCCCCCCCCCCCCC/C=C/CC/C=C/C(O)C(COP(=O)(O)OCC[N+](C)(C)C)NC(=O)CCCCCCCCCCCCCCCCCCCCCCCCCCCCCCCCCCCC. The lowest BCUT2D eigenvalue weighted by Gasteiger charge is -2.25. The van der Waals surface area contributed by atoms with Crippen LogP contribution >= 0.6 is 7.82 Å². The first-order valence-electron chi connectivity index (χ1n) is 35.2. The third-order valence-electron chi connectivity index (χ3n) is 16.4. The van der Waals surface area contributed by atoms with Crippen molar-refractivity contribution in [2.24, 2.45) is 0 Å². The van der Waals surface area contributed by atoms with Crippen LogP contribution in [0.3, 0.4) is 0 Å². The molecule has 0 saturated carbocycles. The van der Waals surface area contributed by atoms with Crippen molar-refractivity contribution in [1.29, 1.82) is 0 Å². The number of allylic oxidation sites excluding steroid dienone is 3. The Hall–Kier alpha value is -1.02. The number of rotatable bonds is 66. The minimum Gasteiger partial charge on any atom is -0.387 e. The molecule has 3 unspecified atom stereocenters. The van der Waals surface area contributed by atoms with Crippen LogP contribution < -0.4 is 5.32 Å². The standard InChI is InChI=1S/C70H139N2O6P/c1-6-8-10-12-14-16-18-20-22-24-26-28-30-31-32-33-34-35-36-37-38-39-40-42-44-46-48-50-52-54-56-58-60-62-64-70(74)71-68(67-78-79(75,76)77-66-65-72(3,4)5)69(73)63-61-59-57-55-53-51-49-47-45-43-41-29-27-25-23-21-19-17-15-13-11-9-7-2/h53,55,61,63,68-69,73H,6-52,54,56-60,62,64-67H2,1-5H3,(H-,71,74,75,76)/p+1/b55-53+,63-61+. The molecule has 8 nitrogen and oxygen atoms in total. The zero-order valence-electron chi connectivity index (χ0n) is 53.9. The van der Waals surface area contributed by atoms with Crippen molar-refractivity contribution in [2.45, 2.75) is 379 Å². The molecule has 0 aliphatic carbocycles. The molecule has 0 saturated heterocycles. The lowest BCUT2D eigenvalue weighted by atomic mass is 10.0. The highest BCUT2D eigenvalue weighted by molar-refractivity contribution is 7.47.